The predicted octanol–water partition coefficient (Wildman–Crippen LogP) is 2.97. The van der Waals surface area contributed by atoms with Gasteiger partial charge in [0.05, 0.1) is 19.3 Å². The molecule has 0 bridgehead atoms. The minimum absolute atomic E-state index is 0.0935. The van der Waals surface area contributed by atoms with Crippen molar-refractivity contribution < 1.29 is 22.7 Å². The van der Waals surface area contributed by atoms with Gasteiger partial charge in [0.15, 0.2) is 0 Å². The second-order valence-corrected chi connectivity index (χ2v) is 7.56. The van der Waals surface area contributed by atoms with E-state index in [0.29, 0.717) is 12.5 Å². The molecule has 1 fully saturated rings. The summed E-state index contributed by atoms with van der Waals surface area (Å²) in [4.78, 5) is 11.7. The maximum atomic E-state index is 11.9. The highest BCUT2D eigenvalue weighted by atomic mass is 35.7. The van der Waals surface area contributed by atoms with Gasteiger partial charge in [0.25, 0.3) is 9.05 Å². The summed E-state index contributed by atoms with van der Waals surface area (Å²) in [7, 11) is 2.67. The van der Waals surface area contributed by atoms with E-state index in [1.165, 1.54) is 44.6 Å². The van der Waals surface area contributed by atoms with Crippen molar-refractivity contribution in [3.8, 4) is 5.75 Å². The quantitative estimate of drug-likeness (QED) is 0.591. The summed E-state index contributed by atoms with van der Waals surface area (Å²) >= 11 is 0. The van der Waals surface area contributed by atoms with Gasteiger partial charge in [-0.05, 0) is 30.5 Å². The van der Waals surface area contributed by atoms with E-state index in [0.717, 1.165) is 6.42 Å². The van der Waals surface area contributed by atoms with Crippen LogP contribution in [0.4, 0.5) is 0 Å². The molecule has 1 aliphatic rings. The van der Waals surface area contributed by atoms with Gasteiger partial charge in [0.2, 0.25) is 0 Å². The number of esters is 1. The van der Waals surface area contributed by atoms with E-state index >= 15 is 0 Å². The highest BCUT2D eigenvalue weighted by Crippen LogP contribution is 2.30. The summed E-state index contributed by atoms with van der Waals surface area (Å²) in [5.41, 5.74) is 0.142. The molecule has 0 spiro atoms. The Bertz CT molecular complexity index is 622. The van der Waals surface area contributed by atoms with Crippen molar-refractivity contribution >= 4 is 25.7 Å². The van der Waals surface area contributed by atoms with Crippen molar-refractivity contribution in [3.05, 3.63) is 23.8 Å². The third-order valence-corrected chi connectivity index (χ3v) is 4.99. The van der Waals surface area contributed by atoms with Crippen molar-refractivity contribution in [2.75, 3.05) is 13.7 Å². The molecule has 7 heteroatoms. The molecule has 0 atom stereocenters. The Hall–Kier alpha value is -1.27. The normalized spacial score (nSPS) is 15.3. The summed E-state index contributed by atoms with van der Waals surface area (Å²) in [6, 6.07) is 4.01. The first-order valence-electron chi connectivity index (χ1n) is 6.71. The van der Waals surface area contributed by atoms with Crippen molar-refractivity contribution in [1.29, 1.82) is 0 Å². The van der Waals surface area contributed by atoms with E-state index in [1.807, 2.05) is 0 Å². The molecule has 1 saturated carbocycles. The maximum Gasteiger partial charge on any atom is 0.338 e. The Morgan fingerprint density at radius 3 is 2.62 bits per heavy atom. The fraction of sp³-hybridized carbons (Fsp3) is 0.500. The number of carbonyl (C=O) groups excluding carboxylic acids is 1. The Labute approximate surface area is 128 Å². The van der Waals surface area contributed by atoms with E-state index in [-0.39, 0.29) is 16.2 Å². The number of methoxy groups -OCH3 is 1. The van der Waals surface area contributed by atoms with E-state index in [4.69, 9.17) is 20.2 Å². The molecule has 1 aromatic carbocycles. The molecule has 116 valence electrons. The Kier molecular flexibility index (Phi) is 5.11. The van der Waals surface area contributed by atoms with E-state index in [9.17, 15) is 13.2 Å². The Morgan fingerprint density at radius 2 is 2.10 bits per heavy atom. The Balaban J connectivity index is 2.06. The third-order valence-electron chi connectivity index (χ3n) is 3.65. The van der Waals surface area contributed by atoms with E-state index < -0.39 is 15.0 Å². The third kappa shape index (κ3) is 4.11. The van der Waals surface area contributed by atoms with Gasteiger partial charge < -0.3 is 9.47 Å². The average molecular weight is 333 g/mol. The van der Waals surface area contributed by atoms with Crippen LogP contribution in [0.2, 0.25) is 0 Å². The molecule has 1 aliphatic carbocycles. The molecule has 0 saturated heterocycles. The lowest BCUT2D eigenvalue weighted by atomic mass is 9.83. The average Bonchev–Trinajstić information content (AvgIpc) is 2.39. The van der Waals surface area contributed by atoms with E-state index in [1.54, 1.807) is 0 Å². The minimum atomic E-state index is -3.99. The van der Waals surface area contributed by atoms with Crippen LogP contribution in [0.5, 0.6) is 5.75 Å². The lowest BCUT2D eigenvalue weighted by Gasteiger charge is -2.24. The highest BCUT2D eigenvalue weighted by molar-refractivity contribution is 8.13. The molecule has 0 radical (unpaired) electrons. The SMILES string of the molecule is COc1ccc(C(=O)OCCC2CCC2)cc1S(=O)(=O)Cl. The van der Waals surface area contributed by atoms with Crippen LogP contribution in [0.15, 0.2) is 23.1 Å². The molecule has 2 rings (SSSR count). The predicted molar refractivity (Wildman–Crippen MR) is 78.3 cm³/mol. The standard InChI is InChI=1S/C14H17ClO5S/c1-19-12-6-5-11(9-13(12)21(15,17)18)14(16)20-8-7-10-3-2-4-10/h5-6,9-10H,2-4,7-8H2,1H3. The lowest BCUT2D eigenvalue weighted by Crippen LogP contribution is -2.15. The van der Waals surface area contributed by atoms with Crippen molar-refractivity contribution in [1.82, 2.24) is 0 Å². The van der Waals surface area contributed by atoms with Crippen LogP contribution in [0.25, 0.3) is 0 Å². The number of halogens is 1. The molecule has 5 nitrogen and oxygen atoms in total. The number of hydrogen-bond acceptors (Lipinski definition) is 5. The van der Waals surface area contributed by atoms with Gasteiger partial charge in [-0.1, -0.05) is 19.3 Å². The zero-order valence-corrected chi connectivity index (χ0v) is 13.2. The smallest absolute Gasteiger partial charge is 0.338 e. The van der Waals surface area contributed by atoms with Gasteiger partial charge >= 0.3 is 5.97 Å². The fourth-order valence-corrected chi connectivity index (χ4v) is 3.20. The number of hydrogen-bond donors (Lipinski definition) is 0. The number of rotatable bonds is 6. The molecule has 0 aromatic heterocycles. The minimum Gasteiger partial charge on any atom is -0.495 e. The number of benzene rings is 1. The van der Waals surface area contributed by atoms with Gasteiger partial charge in [-0.2, -0.15) is 0 Å². The van der Waals surface area contributed by atoms with Crippen LogP contribution in [-0.4, -0.2) is 28.1 Å². The van der Waals surface area contributed by atoms with Crippen LogP contribution in [0.1, 0.15) is 36.0 Å². The van der Waals surface area contributed by atoms with Crippen LogP contribution >= 0.6 is 10.7 Å². The van der Waals surface area contributed by atoms with Crippen LogP contribution < -0.4 is 4.74 Å². The molecular weight excluding hydrogens is 316 g/mol. The molecule has 0 heterocycles. The summed E-state index contributed by atoms with van der Waals surface area (Å²) in [6.45, 7) is 0.346. The summed E-state index contributed by atoms with van der Waals surface area (Å²) in [6.07, 6.45) is 4.47. The summed E-state index contributed by atoms with van der Waals surface area (Å²) in [5.74, 6) is 0.182. The molecule has 0 unspecified atom stereocenters. The summed E-state index contributed by atoms with van der Waals surface area (Å²) < 4.78 is 33.0. The first-order valence-corrected chi connectivity index (χ1v) is 9.02. The first-order chi connectivity index (χ1) is 9.91. The van der Waals surface area contributed by atoms with Crippen molar-refractivity contribution in [2.45, 2.75) is 30.6 Å². The van der Waals surface area contributed by atoms with Gasteiger partial charge in [-0.3, -0.25) is 0 Å². The second-order valence-electron chi connectivity index (χ2n) is 5.03. The lowest BCUT2D eigenvalue weighted by molar-refractivity contribution is 0.0464. The van der Waals surface area contributed by atoms with Crippen molar-refractivity contribution in [2.24, 2.45) is 5.92 Å². The molecule has 21 heavy (non-hydrogen) atoms. The monoisotopic (exact) mass is 332 g/mol. The van der Waals surface area contributed by atoms with Crippen LogP contribution in [0, 0.1) is 5.92 Å². The Morgan fingerprint density at radius 1 is 1.38 bits per heavy atom. The highest BCUT2D eigenvalue weighted by Gasteiger charge is 2.21. The molecule has 1 aromatic rings. The number of ether oxygens (including phenoxy) is 2. The van der Waals surface area contributed by atoms with Crippen LogP contribution in [-0.2, 0) is 13.8 Å². The second kappa shape index (κ2) is 6.66. The molecule has 0 aliphatic heterocycles. The molecule has 0 amide bonds. The first kappa shape index (κ1) is 16.1. The zero-order valence-electron chi connectivity index (χ0n) is 11.7. The summed E-state index contributed by atoms with van der Waals surface area (Å²) in [5, 5.41) is 0. The topological polar surface area (TPSA) is 69.7 Å². The van der Waals surface area contributed by atoms with Gasteiger partial charge in [-0.15, -0.1) is 0 Å². The maximum absolute atomic E-state index is 11.9. The van der Waals surface area contributed by atoms with Gasteiger partial charge in [0.1, 0.15) is 10.6 Å². The molecular formula is C14H17ClO5S. The fourth-order valence-electron chi connectivity index (χ4n) is 2.18. The largest absolute Gasteiger partial charge is 0.495 e. The van der Waals surface area contributed by atoms with E-state index in [2.05, 4.69) is 0 Å². The van der Waals surface area contributed by atoms with Gasteiger partial charge in [0, 0.05) is 10.7 Å². The number of carbonyl (C=O) groups is 1. The van der Waals surface area contributed by atoms with Crippen molar-refractivity contribution in [3.63, 3.8) is 0 Å². The van der Waals surface area contributed by atoms with Gasteiger partial charge in [-0.25, -0.2) is 13.2 Å². The van der Waals surface area contributed by atoms with Crippen LogP contribution in [0.3, 0.4) is 0 Å². The molecule has 0 N–H and O–H groups in total. The zero-order chi connectivity index (χ0) is 15.5.